The summed E-state index contributed by atoms with van der Waals surface area (Å²) in [4.78, 5) is 59.0. The molecule has 2 bridgehead atoms. The summed E-state index contributed by atoms with van der Waals surface area (Å²) < 4.78 is 12.8. The molecule has 1 spiro atoms. The van der Waals surface area contributed by atoms with Gasteiger partial charge in [-0.25, -0.2) is 0 Å². The minimum atomic E-state index is -1.24. The first-order valence-electron chi connectivity index (χ1n) is 16.6. The van der Waals surface area contributed by atoms with Crippen LogP contribution in [0.15, 0.2) is 79.9 Å². The summed E-state index contributed by atoms with van der Waals surface area (Å²) in [6.45, 7) is 9.63. The SMILES string of the molecule is C=CCCC(=O)N[C@@H](C)[C@H](OC(=O)[C@@H]1[C@@H]2CC[C@]3(O2)[C@H](C(=O)N(CC=C)c2ccc(Cl)cc2)N(CCCCO)C(=O)[C@@H]13)c1ccccc1. The van der Waals surface area contributed by atoms with Crippen LogP contribution in [0.5, 0.6) is 0 Å². The van der Waals surface area contributed by atoms with Gasteiger partial charge >= 0.3 is 5.97 Å². The molecule has 3 amide bonds. The monoisotopic (exact) mass is 677 g/mol. The zero-order valence-electron chi connectivity index (χ0n) is 27.3. The fourth-order valence-corrected chi connectivity index (χ4v) is 7.62. The number of ether oxygens (including phenoxy) is 2. The number of hydrogen-bond donors (Lipinski definition) is 2. The fraction of sp³-hybridized carbons (Fsp3) is 0.459. The second-order valence-electron chi connectivity index (χ2n) is 12.7. The molecule has 11 heteroatoms. The number of amides is 3. The summed E-state index contributed by atoms with van der Waals surface area (Å²) in [5.41, 5.74) is 0.0474. The highest BCUT2D eigenvalue weighted by atomic mass is 35.5. The first-order chi connectivity index (χ1) is 23.2. The Kier molecular flexibility index (Phi) is 11.4. The molecule has 10 nitrogen and oxygen atoms in total. The van der Waals surface area contributed by atoms with Gasteiger partial charge in [-0.2, -0.15) is 0 Å². The first-order valence-corrected chi connectivity index (χ1v) is 17.0. The molecule has 2 N–H and O–H groups in total. The molecule has 48 heavy (non-hydrogen) atoms. The Hall–Kier alpha value is -3.99. The van der Waals surface area contributed by atoms with E-state index in [9.17, 15) is 24.3 Å². The van der Waals surface area contributed by atoms with Crippen LogP contribution >= 0.6 is 11.6 Å². The summed E-state index contributed by atoms with van der Waals surface area (Å²) in [5, 5.41) is 13.0. The van der Waals surface area contributed by atoms with E-state index in [1.54, 1.807) is 48.2 Å². The van der Waals surface area contributed by atoms with Crippen molar-refractivity contribution in [2.24, 2.45) is 11.8 Å². The van der Waals surface area contributed by atoms with Gasteiger partial charge in [0.25, 0.3) is 5.91 Å². The zero-order valence-corrected chi connectivity index (χ0v) is 28.0. The van der Waals surface area contributed by atoms with E-state index in [2.05, 4.69) is 18.5 Å². The van der Waals surface area contributed by atoms with E-state index >= 15 is 0 Å². The topological polar surface area (TPSA) is 125 Å². The van der Waals surface area contributed by atoms with E-state index in [1.165, 1.54) is 4.90 Å². The second-order valence-corrected chi connectivity index (χ2v) is 13.1. The maximum atomic E-state index is 14.6. The van der Waals surface area contributed by atoms with Gasteiger partial charge in [-0.3, -0.25) is 19.2 Å². The minimum absolute atomic E-state index is 0.0563. The van der Waals surface area contributed by atoms with Crippen molar-refractivity contribution in [3.63, 3.8) is 0 Å². The van der Waals surface area contributed by atoms with Crippen LogP contribution in [0.1, 0.15) is 57.1 Å². The van der Waals surface area contributed by atoms with Gasteiger partial charge < -0.3 is 29.7 Å². The summed E-state index contributed by atoms with van der Waals surface area (Å²) in [6.07, 6.45) is 4.41. The van der Waals surface area contributed by atoms with E-state index in [0.717, 1.165) is 0 Å². The number of aliphatic hydroxyl groups is 1. The van der Waals surface area contributed by atoms with Crippen molar-refractivity contribution in [2.45, 2.75) is 75.3 Å². The molecule has 0 unspecified atom stereocenters. The largest absolute Gasteiger partial charge is 0.455 e. The molecule has 3 heterocycles. The Morgan fingerprint density at radius 3 is 2.54 bits per heavy atom. The van der Waals surface area contributed by atoms with Gasteiger partial charge in [-0.05, 0) is 68.9 Å². The third-order valence-electron chi connectivity index (χ3n) is 9.62. The Morgan fingerprint density at radius 1 is 1.15 bits per heavy atom. The number of unbranched alkanes of at least 4 members (excludes halogenated alkanes) is 1. The number of nitrogens with one attached hydrogen (secondary N) is 1. The highest BCUT2D eigenvalue weighted by Crippen LogP contribution is 2.59. The van der Waals surface area contributed by atoms with Crippen molar-refractivity contribution in [2.75, 3.05) is 24.6 Å². The predicted molar refractivity (Wildman–Crippen MR) is 182 cm³/mol. The highest BCUT2D eigenvalue weighted by Gasteiger charge is 2.75. The molecule has 0 aromatic heterocycles. The van der Waals surface area contributed by atoms with Crippen LogP contribution in [0.3, 0.4) is 0 Å². The van der Waals surface area contributed by atoms with Crippen LogP contribution in [-0.2, 0) is 28.7 Å². The summed E-state index contributed by atoms with van der Waals surface area (Å²) >= 11 is 6.14. The zero-order chi connectivity index (χ0) is 34.4. The van der Waals surface area contributed by atoms with Crippen molar-refractivity contribution in [1.29, 1.82) is 0 Å². The van der Waals surface area contributed by atoms with E-state index in [-0.39, 0.29) is 43.8 Å². The molecular formula is C37H44ClN3O7. The van der Waals surface area contributed by atoms with Crippen LogP contribution in [-0.4, -0.2) is 77.2 Å². The van der Waals surface area contributed by atoms with Crippen LogP contribution in [0.4, 0.5) is 5.69 Å². The van der Waals surface area contributed by atoms with Gasteiger partial charge in [-0.1, -0.05) is 54.1 Å². The Balaban J connectivity index is 1.46. The van der Waals surface area contributed by atoms with E-state index in [0.29, 0.717) is 48.4 Å². The van der Waals surface area contributed by atoms with Gasteiger partial charge in [0.1, 0.15) is 17.7 Å². The molecule has 0 radical (unpaired) electrons. The smallest absolute Gasteiger partial charge is 0.313 e. The molecule has 5 rings (SSSR count). The van der Waals surface area contributed by atoms with Crippen molar-refractivity contribution >= 4 is 41.0 Å². The van der Waals surface area contributed by atoms with Crippen molar-refractivity contribution in [1.82, 2.24) is 10.2 Å². The number of anilines is 1. The number of likely N-dealkylation sites (tertiary alicyclic amines) is 1. The molecule has 3 aliphatic heterocycles. The number of allylic oxidation sites excluding steroid dienone is 1. The number of nitrogens with zero attached hydrogens (tertiary/aromatic N) is 2. The standard InChI is InChI=1S/C37H44ClN3O7/c1-4-6-14-29(43)39-24(3)32(25-12-8-7-9-13-25)47-36(46)30-28-19-20-37(48-28)31(30)34(44)41(22-10-11-23-42)33(37)35(45)40(21-5-2)27-17-15-26(38)16-18-27/h4-5,7-9,12-13,15-18,24,28,30-33,42H,1-2,6,10-11,14,19-23H2,3H3,(H,39,43)/t24-,28-,30+,31+,32-,33-,37+/m0/s1. The van der Waals surface area contributed by atoms with Gasteiger partial charge in [0.2, 0.25) is 11.8 Å². The number of carbonyl (C=O) groups excluding carboxylic acids is 4. The Bertz CT molecular complexity index is 1500. The molecule has 2 aromatic carbocycles. The van der Waals surface area contributed by atoms with Gasteiger partial charge in [-0.15, -0.1) is 13.2 Å². The van der Waals surface area contributed by atoms with Crippen LogP contribution in [0.2, 0.25) is 5.02 Å². The van der Waals surface area contributed by atoms with Crippen molar-refractivity contribution in [3.8, 4) is 0 Å². The normalized spacial score (nSPS) is 25.2. The van der Waals surface area contributed by atoms with Crippen LogP contribution in [0, 0.1) is 11.8 Å². The molecule has 2 aromatic rings. The summed E-state index contributed by atoms with van der Waals surface area (Å²) in [7, 11) is 0. The van der Waals surface area contributed by atoms with Gasteiger partial charge in [0.15, 0.2) is 0 Å². The van der Waals surface area contributed by atoms with Crippen LogP contribution in [0.25, 0.3) is 0 Å². The summed E-state index contributed by atoms with van der Waals surface area (Å²) in [6, 6.07) is 14.4. The average Bonchev–Trinajstić information content (AvgIpc) is 3.73. The first kappa shape index (κ1) is 35.3. The number of fused-ring (bicyclic) bond motifs is 1. The third-order valence-corrected chi connectivity index (χ3v) is 9.87. The summed E-state index contributed by atoms with van der Waals surface area (Å²) in [5.74, 6) is -3.36. The number of benzene rings is 2. The maximum Gasteiger partial charge on any atom is 0.313 e. The lowest BCUT2D eigenvalue weighted by atomic mass is 9.70. The number of carbonyl (C=O) groups is 4. The highest BCUT2D eigenvalue weighted by molar-refractivity contribution is 6.30. The lowest BCUT2D eigenvalue weighted by Crippen LogP contribution is -2.56. The molecule has 0 saturated carbocycles. The molecule has 3 saturated heterocycles. The lowest BCUT2D eigenvalue weighted by molar-refractivity contribution is -0.162. The third kappa shape index (κ3) is 6.92. The fourth-order valence-electron chi connectivity index (χ4n) is 7.50. The Morgan fingerprint density at radius 2 is 1.88 bits per heavy atom. The minimum Gasteiger partial charge on any atom is -0.455 e. The van der Waals surface area contributed by atoms with Gasteiger partial charge in [0.05, 0.1) is 24.0 Å². The molecular weight excluding hydrogens is 634 g/mol. The number of aliphatic hydroxyl groups excluding tert-OH is 1. The van der Waals surface area contributed by atoms with E-state index in [1.807, 2.05) is 30.3 Å². The molecule has 256 valence electrons. The molecule has 0 aliphatic carbocycles. The number of rotatable bonds is 16. The number of esters is 1. The molecule has 7 atom stereocenters. The predicted octanol–water partition coefficient (Wildman–Crippen LogP) is 4.76. The van der Waals surface area contributed by atoms with Crippen molar-refractivity contribution in [3.05, 3.63) is 90.5 Å². The average molecular weight is 678 g/mol. The van der Waals surface area contributed by atoms with E-state index < -0.39 is 47.7 Å². The van der Waals surface area contributed by atoms with Gasteiger partial charge in [0, 0.05) is 36.8 Å². The number of halogens is 1. The number of hydrogen-bond acceptors (Lipinski definition) is 7. The second kappa shape index (κ2) is 15.5. The Labute approximate surface area is 286 Å². The molecule has 3 aliphatic rings. The van der Waals surface area contributed by atoms with E-state index in [4.69, 9.17) is 21.1 Å². The maximum absolute atomic E-state index is 14.6. The lowest BCUT2D eigenvalue weighted by Gasteiger charge is -2.37. The van der Waals surface area contributed by atoms with Crippen molar-refractivity contribution < 1.29 is 33.8 Å². The molecule has 3 fully saturated rings. The quantitative estimate of drug-likeness (QED) is 0.149. The van der Waals surface area contributed by atoms with Crippen LogP contribution < -0.4 is 10.2 Å².